The summed E-state index contributed by atoms with van der Waals surface area (Å²) in [4.78, 5) is 4.25. The van der Waals surface area contributed by atoms with Gasteiger partial charge in [0.05, 0.1) is 18.6 Å². The molecule has 18 heavy (non-hydrogen) atoms. The van der Waals surface area contributed by atoms with E-state index in [0.717, 1.165) is 16.6 Å². The Morgan fingerprint density at radius 3 is 2.94 bits per heavy atom. The van der Waals surface area contributed by atoms with Crippen molar-refractivity contribution in [3.8, 4) is 0 Å². The molecule has 1 unspecified atom stereocenters. The summed E-state index contributed by atoms with van der Waals surface area (Å²) in [6, 6.07) is 5.15. The molecule has 0 aliphatic carbocycles. The highest BCUT2D eigenvalue weighted by molar-refractivity contribution is 9.10. The molecule has 2 aromatic rings. The van der Waals surface area contributed by atoms with Gasteiger partial charge in [-0.1, -0.05) is 22.0 Å². The molecule has 1 atom stereocenters. The summed E-state index contributed by atoms with van der Waals surface area (Å²) in [6.07, 6.45) is 4.35. The predicted molar refractivity (Wildman–Crippen MR) is 72.8 cm³/mol. The van der Waals surface area contributed by atoms with Crippen LogP contribution in [0.15, 0.2) is 35.2 Å². The summed E-state index contributed by atoms with van der Waals surface area (Å²) in [5.41, 5.74) is 7.29. The van der Waals surface area contributed by atoms with E-state index in [0.29, 0.717) is 12.1 Å². The maximum absolute atomic E-state index is 13.7. The van der Waals surface area contributed by atoms with Crippen molar-refractivity contribution < 1.29 is 4.39 Å². The molecule has 0 aliphatic heterocycles. The Morgan fingerprint density at radius 2 is 2.28 bits per heavy atom. The predicted octanol–water partition coefficient (Wildman–Crippen LogP) is 2.72. The van der Waals surface area contributed by atoms with Crippen LogP contribution in [-0.2, 0) is 13.0 Å². The first-order valence-electron chi connectivity index (χ1n) is 5.75. The van der Waals surface area contributed by atoms with E-state index in [-0.39, 0.29) is 11.9 Å². The summed E-state index contributed by atoms with van der Waals surface area (Å²) >= 11 is 3.24. The molecule has 96 valence electrons. The number of benzene rings is 1. The van der Waals surface area contributed by atoms with Gasteiger partial charge in [-0.3, -0.25) is 0 Å². The molecule has 1 aromatic carbocycles. The van der Waals surface area contributed by atoms with Crippen LogP contribution >= 0.6 is 15.9 Å². The lowest BCUT2D eigenvalue weighted by atomic mass is 10.2. The molecule has 1 heterocycles. The highest BCUT2D eigenvalue weighted by Crippen LogP contribution is 2.16. The van der Waals surface area contributed by atoms with Crippen molar-refractivity contribution >= 4 is 15.9 Å². The third-order valence-electron chi connectivity index (χ3n) is 2.59. The fourth-order valence-electron chi connectivity index (χ4n) is 1.77. The zero-order valence-electron chi connectivity index (χ0n) is 10.1. The van der Waals surface area contributed by atoms with Crippen LogP contribution in [0.5, 0.6) is 0 Å². The Balaban J connectivity index is 2.11. The highest BCUT2D eigenvalue weighted by atomic mass is 79.9. The van der Waals surface area contributed by atoms with Gasteiger partial charge in [0.1, 0.15) is 5.82 Å². The van der Waals surface area contributed by atoms with E-state index in [9.17, 15) is 4.39 Å². The highest BCUT2D eigenvalue weighted by Gasteiger charge is 2.06. The van der Waals surface area contributed by atoms with Gasteiger partial charge in [-0.25, -0.2) is 9.37 Å². The topological polar surface area (TPSA) is 43.8 Å². The van der Waals surface area contributed by atoms with E-state index in [1.807, 2.05) is 23.8 Å². The third-order valence-corrected chi connectivity index (χ3v) is 3.08. The van der Waals surface area contributed by atoms with Crippen LogP contribution in [0.4, 0.5) is 4.39 Å². The lowest BCUT2D eigenvalue weighted by Crippen LogP contribution is -2.17. The van der Waals surface area contributed by atoms with Crippen molar-refractivity contribution in [1.29, 1.82) is 0 Å². The molecular weight excluding hydrogens is 297 g/mol. The summed E-state index contributed by atoms with van der Waals surface area (Å²) in [5.74, 6) is -0.216. The summed E-state index contributed by atoms with van der Waals surface area (Å²) in [5, 5.41) is 0. The average Bonchev–Trinajstić information content (AvgIpc) is 2.69. The summed E-state index contributed by atoms with van der Waals surface area (Å²) in [7, 11) is 0. The minimum absolute atomic E-state index is 0.0813. The Bertz CT molecular complexity index is 537. The van der Waals surface area contributed by atoms with Crippen molar-refractivity contribution in [2.24, 2.45) is 5.73 Å². The lowest BCUT2D eigenvalue weighted by molar-refractivity contribution is 0.598. The number of hydrogen-bond donors (Lipinski definition) is 1. The number of aromatic nitrogens is 2. The number of imidazole rings is 1. The van der Waals surface area contributed by atoms with Crippen LogP contribution in [0.2, 0.25) is 0 Å². The van der Waals surface area contributed by atoms with Gasteiger partial charge in [0, 0.05) is 28.7 Å². The normalized spacial score (nSPS) is 12.7. The molecule has 2 rings (SSSR count). The Hall–Kier alpha value is -1.20. The molecule has 0 aliphatic rings. The Kier molecular flexibility index (Phi) is 4.14. The molecule has 0 amide bonds. The first kappa shape index (κ1) is 13.2. The van der Waals surface area contributed by atoms with Crippen molar-refractivity contribution in [2.45, 2.75) is 25.9 Å². The molecule has 0 saturated carbocycles. The first-order chi connectivity index (χ1) is 8.54. The molecule has 0 fully saturated rings. The summed E-state index contributed by atoms with van der Waals surface area (Å²) < 4.78 is 16.3. The van der Waals surface area contributed by atoms with Crippen molar-refractivity contribution in [2.75, 3.05) is 0 Å². The number of halogens is 2. The Labute approximate surface area is 114 Å². The second-order valence-electron chi connectivity index (χ2n) is 4.45. The molecule has 1 aromatic heterocycles. The van der Waals surface area contributed by atoms with Crippen LogP contribution in [0.1, 0.15) is 18.2 Å². The van der Waals surface area contributed by atoms with Gasteiger partial charge >= 0.3 is 0 Å². The fourth-order valence-corrected chi connectivity index (χ4v) is 2.11. The van der Waals surface area contributed by atoms with Gasteiger partial charge in [-0.2, -0.15) is 0 Å². The third kappa shape index (κ3) is 3.40. The van der Waals surface area contributed by atoms with E-state index >= 15 is 0 Å². The maximum atomic E-state index is 13.7. The molecule has 3 nitrogen and oxygen atoms in total. The van der Waals surface area contributed by atoms with Crippen LogP contribution in [-0.4, -0.2) is 15.6 Å². The quantitative estimate of drug-likeness (QED) is 0.943. The zero-order chi connectivity index (χ0) is 13.1. The first-order valence-corrected chi connectivity index (χ1v) is 6.54. The molecule has 5 heteroatoms. The van der Waals surface area contributed by atoms with Crippen LogP contribution in [0, 0.1) is 5.82 Å². The van der Waals surface area contributed by atoms with Gasteiger partial charge in [0.15, 0.2) is 0 Å². The molecule has 0 spiro atoms. The van der Waals surface area contributed by atoms with E-state index < -0.39 is 0 Å². The van der Waals surface area contributed by atoms with E-state index in [1.54, 1.807) is 12.4 Å². The second kappa shape index (κ2) is 5.63. The lowest BCUT2D eigenvalue weighted by Gasteiger charge is -2.04. The Morgan fingerprint density at radius 1 is 1.50 bits per heavy atom. The van der Waals surface area contributed by atoms with Gasteiger partial charge in [0.25, 0.3) is 0 Å². The van der Waals surface area contributed by atoms with E-state index in [4.69, 9.17) is 5.73 Å². The van der Waals surface area contributed by atoms with Gasteiger partial charge in [-0.05, 0) is 19.1 Å². The molecule has 0 bridgehead atoms. The van der Waals surface area contributed by atoms with Crippen molar-refractivity contribution in [3.05, 3.63) is 52.3 Å². The average molecular weight is 312 g/mol. The van der Waals surface area contributed by atoms with Crippen LogP contribution < -0.4 is 5.73 Å². The van der Waals surface area contributed by atoms with Gasteiger partial charge in [0.2, 0.25) is 0 Å². The van der Waals surface area contributed by atoms with Crippen LogP contribution in [0.3, 0.4) is 0 Å². The zero-order valence-corrected chi connectivity index (χ0v) is 11.7. The monoisotopic (exact) mass is 311 g/mol. The SMILES string of the molecule is CC(N)Cc1cn(Cc2ccc(Br)cc2F)cn1. The molecular formula is C13H15BrFN3. The number of hydrogen-bond acceptors (Lipinski definition) is 2. The fraction of sp³-hybridized carbons (Fsp3) is 0.308. The smallest absolute Gasteiger partial charge is 0.129 e. The van der Waals surface area contributed by atoms with E-state index in [1.165, 1.54) is 6.07 Å². The standard InChI is InChI=1S/C13H15BrFN3/c1-9(16)4-12-7-18(8-17-12)6-10-2-3-11(14)5-13(10)15/h2-3,5,7-9H,4,6,16H2,1H3. The minimum Gasteiger partial charge on any atom is -0.333 e. The summed E-state index contributed by atoms with van der Waals surface area (Å²) in [6.45, 7) is 2.42. The van der Waals surface area contributed by atoms with Gasteiger partial charge < -0.3 is 10.3 Å². The van der Waals surface area contributed by atoms with Crippen molar-refractivity contribution in [3.63, 3.8) is 0 Å². The number of nitrogens with zero attached hydrogens (tertiary/aromatic N) is 2. The van der Waals surface area contributed by atoms with E-state index in [2.05, 4.69) is 20.9 Å². The van der Waals surface area contributed by atoms with Crippen LogP contribution in [0.25, 0.3) is 0 Å². The van der Waals surface area contributed by atoms with Crippen molar-refractivity contribution in [1.82, 2.24) is 9.55 Å². The molecule has 0 radical (unpaired) electrons. The number of nitrogens with two attached hydrogens (primary N) is 1. The largest absolute Gasteiger partial charge is 0.333 e. The molecule has 0 saturated heterocycles. The molecule has 2 N–H and O–H groups in total. The number of rotatable bonds is 4. The maximum Gasteiger partial charge on any atom is 0.129 e. The minimum atomic E-state index is -0.216. The van der Waals surface area contributed by atoms with Gasteiger partial charge in [-0.15, -0.1) is 0 Å². The second-order valence-corrected chi connectivity index (χ2v) is 5.37.